The van der Waals surface area contributed by atoms with Gasteiger partial charge >= 0.3 is 6.18 Å². The maximum absolute atomic E-state index is 12.2. The summed E-state index contributed by atoms with van der Waals surface area (Å²) in [5.74, 6) is 0.0128. The van der Waals surface area contributed by atoms with E-state index in [1.165, 1.54) is 7.11 Å². The second kappa shape index (κ2) is 4.51. The summed E-state index contributed by atoms with van der Waals surface area (Å²) in [6.45, 7) is 0. The fraction of sp³-hybridized carbons (Fsp3) is 0.800. The van der Waals surface area contributed by atoms with Gasteiger partial charge in [0, 0.05) is 7.11 Å². The average molecular weight is 266 g/mol. The Morgan fingerprint density at radius 2 is 2.17 bits per heavy atom. The fourth-order valence-corrected chi connectivity index (χ4v) is 1.82. The number of rotatable bonds is 4. The Kier molecular flexibility index (Phi) is 3.33. The summed E-state index contributed by atoms with van der Waals surface area (Å²) in [6, 6.07) is 0. The quantitative estimate of drug-likeness (QED) is 0.895. The van der Waals surface area contributed by atoms with Crippen molar-refractivity contribution >= 4 is 0 Å². The van der Waals surface area contributed by atoms with Crippen molar-refractivity contribution in [3.8, 4) is 0 Å². The number of ether oxygens (including phenoxy) is 1. The Labute approximate surface area is 101 Å². The molecule has 0 amide bonds. The summed E-state index contributed by atoms with van der Waals surface area (Å²) in [5, 5.41) is 12.5. The molecule has 0 radical (unpaired) electrons. The maximum atomic E-state index is 12.2. The zero-order valence-corrected chi connectivity index (χ0v) is 9.70. The molecule has 1 fully saturated rings. The number of nitrogens with zero attached hydrogens (tertiary/aromatic N) is 2. The van der Waals surface area contributed by atoms with Crippen LogP contribution < -0.4 is 0 Å². The molecular weight excluding hydrogens is 253 g/mol. The molecule has 5 nitrogen and oxygen atoms in total. The van der Waals surface area contributed by atoms with E-state index in [2.05, 4.69) is 10.1 Å². The second-order valence-corrected chi connectivity index (χ2v) is 4.33. The molecular formula is C10H13F3N2O3. The van der Waals surface area contributed by atoms with Crippen molar-refractivity contribution in [2.75, 3.05) is 7.11 Å². The Balaban J connectivity index is 2.07. The number of hydrogen-bond acceptors (Lipinski definition) is 5. The van der Waals surface area contributed by atoms with Gasteiger partial charge in [0.25, 0.3) is 0 Å². The van der Waals surface area contributed by atoms with Gasteiger partial charge in [-0.05, 0) is 19.3 Å². The van der Waals surface area contributed by atoms with Crippen LogP contribution in [0, 0.1) is 0 Å². The van der Waals surface area contributed by atoms with Crippen LogP contribution in [0.25, 0.3) is 0 Å². The van der Waals surface area contributed by atoms with Crippen molar-refractivity contribution in [1.82, 2.24) is 10.1 Å². The van der Waals surface area contributed by atoms with Gasteiger partial charge in [0.05, 0.1) is 6.42 Å². The van der Waals surface area contributed by atoms with Crippen molar-refractivity contribution in [3.05, 3.63) is 11.7 Å². The number of alkyl halides is 3. The molecule has 1 N–H and O–H groups in total. The number of methoxy groups -OCH3 is 1. The van der Waals surface area contributed by atoms with E-state index in [4.69, 9.17) is 14.4 Å². The third kappa shape index (κ3) is 2.35. The van der Waals surface area contributed by atoms with Crippen LogP contribution in [0.4, 0.5) is 13.2 Å². The van der Waals surface area contributed by atoms with Crippen molar-refractivity contribution in [2.45, 2.75) is 43.6 Å². The van der Waals surface area contributed by atoms with Crippen LogP contribution in [0.5, 0.6) is 0 Å². The molecule has 18 heavy (non-hydrogen) atoms. The second-order valence-electron chi connectivity index (χ2n) is 4.33. The lowest BCUT2D eigenvalue weighted by atomic mass is 9.79. The van der Waals surface area contributed by atoms with Crippen molar-refractivity contribution in [1.29, 1.82) is 0 Å². The van der Waals surface area contributed by atoms with Crippen molar-refractivity contribution in [2.24, 2.45) is 0 Å². The largest absolute Gasteiger partial charge is 0.414 e. The van der Waals surface area contributed by atoms with Crippen molar-refractivity contribution < 1.29 is 27.5 Å². The first-order valence-corrected chi connectivity index (χ1v) is 5.50. The summed E-state index contributed by atoms with van der Waals surface area (Å²) in [4.78, 5) is 3.87. The van der Waals surface area contributed by atoms with E-state index in [9.17, 15) is 13.2 Å². The van der Waals surface area contributed by atoms with Crippen LogP contribution in [0.3, 0.4) is 0 Å². The van der Waals surface area contributed by atoms with Crippen LogP contribution in [0.1, 0.15) is 31.0 Å². The Morgan fingerprint density at radius 3 is 2.61 bits per heavy atom. The number of aliphatic hydroxyl groups is 1. The lowest BCUT2D eigenvalue weighted by Gasteiger charge is -2.37. The SMILES string of the molecule is COC1(c2noc(CC(O)C(F)(F)F)n2)CCC1. The zero-order chi connectivity index (χ0) is 13.4. The third-order valence-corrected chi connectivity index (χ3v) is 3.17. The highest BCUT2D eigenvalue weighted by molar-refractivity contribution is 5.06. The smallest absolute Gasteiger partial charge is 0.383 e. The summed E-state index contributed by atoms with van der Waals surface area (Å²) in [6.07, 6.45) is -5.55. The normalized spacial score (nSPS) is 20.5. The van der Waals surface area contributed by atoms with E-state index in [0.29, 0.717) is 12.8 Å². The predicted molar refractivity (Wildman–Crippen MR) is 52.6 cm³/mol. The van der Waals surface area contributed by atoms with E-state index in [1.807, 2.05) is 0 Å². The van der Waals surface area contributed by atoms with Gasteiger partial charge in [-0.15, -0.1) is 0 Å². The van der Waals surface area contributed by atoms with Gasteiger partial charge in [0.15, 0.2) is 6.10 Å². The molecule has 1 saturated carbocycles. The fourth-order valence-electron chi connectivity index (χ4n) is 1.82. The first-order chi connectivity index (χ1) is 8.37. The molecule has 0 bridgehead atoms. The lowest BCUT2D eigenvalue weighted by Crippen LogP contribution is -2.37. The molecule has 1 aromatic heterocycles. The topological polar surface area (TPSA) is 68.4 Å². The van der Waals surface area contributed by atoms with Gasteiger partial charge in [-0.1, -0.05) is 5.16 Å². The highest BCUT2D eigenvalue weighted by atomic mass is 19.4. The molecule has 0 saturated heterocycles. The van der Waals surface area contributed by atoms with Gasteiger partial charge in [0.1, 0.15) is 5.60 Å². The highest BCUT2D eigenvalue weighted by Gasteiger charge is 2.44. The van der Waals surface area contributed by atoms with E-state index >= 15 is 0 Å². The number of hydrogen-bond donors (Lipinski definition) is 1. The summed E-state index contributed by atoms with van der Waals surface area (Å²) < 4.78 is 46.5. The first kappa shape index (κ1) is 13.3. The standard InChI is InChI=1S/C10H13F3N2O3/c1-17-9(3-2-4-9)8-14-7(18-15-8)5-6(16)10(11,12)13/h6,16H,2-5H2,1H3. The van der Waals surface area contributed by atoms with Crippen molar-refractivity contribution in [3.63, 3.8) is 0 Å². The average Bonchev–Trinajstić information content (AvgIpc) is 2.64. The molecule has 2 rings (SSSR count). The molecule has 1 atom stereocenters. The minimum Gasteiger partial charge on any atom is -0.383 e. The molecule has 102 valence electrons. The monoisotopic (exact) mass is 266 g/mol. The maximum Gasteiger partial charge on any atom is 0.414 e. The number of halogens is 3. The van der Waals surface area contributed by atoms with Gasteiger partial charge in [0.2, 0.25) is 11.7 Å². The van der Waals surface area contributed by atoms with Crippen LogP contribution in [-0.2, 0) is 16.8 Å². The molecule has 1 aliphatic rings. The van der Waals surface area contributed by atoms with Crippen LogP contribution in [-0.4, -0.2) is 34.6 Å². The number of aromatic nitrogens is 2. The summed E-state index contributed by atoms with van der Waals surface area (Å²) >= 11 is 0. The Bertz CT molecular complexity index is 409. The third-order valence-electron chi connectivity index (χ3n) is 3.17. The van der Waals surface area contributed by atoms with Gasteiger partial charge in [-0.3, -0.25) is 0 Å². The zero-order valence-electron chi connectivity index (χ0n) is 9.70. The Hall–Kier alpha value is -1.15. The first-order valence-electron chi connectivity index (χ1n) is 5.50. The molecule has 1 heterocycles. The summed E-state index contributed by atoms with van der Waals surface area (Å²) in [5.41, 5.74) is -0.634. The van der Waals surface area contributed by atoms with Crippen LogP contribution in [0.15, 0.2) is 4.52 Å². The van der Waals surface area contributed by atoms with E-state index in [-0.39, 0.29) is 11.7 Å². The molecule has 1 aromatic rings. The minimum absolute atomic E-state index is 0.238. The molecule has 1 unspecified atom stereocenters. The van der Waals surface area contributed by atoms with E-state index < -0.39 is 24.3 Å². The van der Waals surface area contributed by atoms with Crippen LogP contribution in [0.2, 0.25) is 0 Å². The van der Waals surface area contributed by atoms with E-state index in [1.54, 1.807) is 0 Å². The van der Waals surface area contributed by atoms with E-state index in [0.717, 1.165) is 6.42 Å². The molecule has 0 spiro atoms. The number of aliphatic hydroxyl groups excluding tert-OH is 1. The Morgan fingerprint density at radius 1 is 1.50 bits per heavy atom. The molecule has 1 aliphatic carbocycles. The highest BCUT2D eigenvalue weighted by Crippen LogP contribution is 2.42. The molecule has 0 aromatic carbocycles. The van der Waals surface area contributed by atoms with Gasteiger partial charge in [-0.2, -0.15) is 18.2 Å². The van der Waals surface area contributed by atoms with Gasteiger partial charge in [-0.25, -0.2) is 0 Å². The van der Waals surface area contributed by atoms with Crippen LogP contribution >= 0.6 is 0 Å². The minimum atomic E-state index is -4.69. The molecule has 8 heteroatoms. The molecule has 0 aliphatic heterocycles. The van der Waals surface area contributed by atoms with Gasteiger partial charge < -0.3 is 14.4 Å². The lowest BCUT2D eigenvalue weighted by molar-refractivity contribution is -0.204. The predicted octanol–water partition coefficient (Wildman–Crippen LogP) is 1.56. The summed E-state index contributed by atoms with van der Waals surface area (Å²) in [7, 11) is 1.50.